The van der Waals surface area contributed by atoms with E-state index >= 15 is 0 Å². The van der Waals surface area contributed by atoms with Crippen LogP contribution in [0.15, 0.2) is 12.5 Å². The first-order chi connectivity index (χ1) is 11.3. The third-order valence-corrected chi connectivity index (χ3v) is 4.16. The Balaban J connectivity index is 1.65. The number of ether oxygens (including phenoxy) is 1. The fourth-order valence-electron chi connectivity index (χ4n) is 2.85. The minimum atomic E-state index is -0.464. The molecule has 3 heterocycles. The van der Waals surface area contributed by atoms with Crippen LogP contribution in [0.4, 0.5) is 10.6 Å². The molecule has 0 aliphatic carbocycles. The molecular formula is C16H24N6O2. The molecule has 8 heteroatoms. The Morgan fingerprint density at radius 2 is 2.04 bits per heavy atom. The highest BCUT2D eigenvalue weighted by Crippen LogP contribution is 2.30. The van der Waals surface area contributed by atoms with Crippen molar-refractivity contribution in [1.82, 2.24) is 25.5 Å². The summed E-state index contributed by atoms with van der Waals surface area (Å²) in [5.41, 5.74) is -0.0368. The fraction of sp³-hybridized carbons (Fsp3) is 0.625. The van der Waals surface area contributed by atoms with Crippen LogP contribution in [-0.4, -0.2) is 50.5 Å². The van der Waals surface area contributed by atoms with Gasteiger partial charge in [-0.05, 0) is 27.7 Å². The second kappa shape index (κ2) is 5.92. The van der Waals surface area contributed by atoms with Gasteiger partial charge in [0.25, 0.3) is 0 Å². The molecule has 1 fully saturated rings. The Kier molecular flexibility index (Phi) is 4.06. The standard InChI is InChI=1S/C16H24N6O2/c1-15(2,3)20-14(23)24-16(4)5-7-22(8-6-16)13-11-9-19-21-12(11)17-10-18-13/h9-10H,5-8H2,1-4H3,(H,20,23)(H,17,18,19,21). The van der Waals surface area contributed by atoms with Crippen LogP contribution in [-0.2, 0) is 4.74 Å². The maximum Gasteiger partial charge on any atom is 0.408 e. The minimum Gasteiger partial charge on any atom is -0.443 e. The van der Waals surface area contributed by atoms with Gasteiger partial charge in [-0.25, -0.2) is 14.8 Å². The first-order valence-electron chi connectivity index (χ1n) is 8.16. The molecule has 1 saturated heterocycles. The summed E-state index contributed by atoms with van der Waals surface area (Å²) in [6.07, 6.45) is 4.41. The highest BCUT2D eigenvalue weighted by molar-refractivity contribution is 5.86. The molecule has 1 amide bonds. The van der Waals surface area contributed by atoms with Crippen LogP contribution in [0, 0.1) is 0 Å². The summed E-state index contributed by atoms with van der Waals surface area (Å²) >= 11 is 0. The van der Waals surface area contributed by atoms with Gasteiger partial charge in [0.1, 0.15) is 17.7 Å². The van der Waals surface area contributed by atoms with Crippen LogP contribution in [0.25, 0.3) is 11.0 Å². The van der Waals surface area contributed by atoms with Crippen LogP contribution >= 0.6 is 0 Å². The molecule has 130 valence electrons. The lowest BCUT2D eigenvalue weighted by molar-refractivity contribution is 0.00409. The Morgan fingerprint density at radius 3 is 2.71 bits per heavy atom. The van der Waals surface area contributed by atoms with E-state index in [-0.39, 0.29) is 11.6 Å². The van der Waals surface area contributed by atoms with Gasteiger partial charge in [-0.1, -0.05) is 0 Å². The quantitative estimate of drug-likeness (QED) is 0.875. The zero-order valence-electron chi connectivity index (χ0n) is 14.6. The maximum absolute atomic E-state index is 12.0. The number of piperidine rings is 1. The van der Waals surface area contributed by atoms with E-state index < -0.39 is 5.60 Å². The molecule has 0 radical (unpaired) electrons. The zero-order valence-corrected chi connectivity index (χ0v) is 14.6. The van der Waals surface area contributed by atoms with Gasteiger partial charge < -0.3 is 15.0 Å². The molecule has 24 heavy (non-hydrogen) atoms. The average molecular weight is 332 g/mol. The fourth-order valence-corrected chi connectivity index (χ4v) is 2.85. The summed E-state index contributed by atoms with van der Waals surface area (Å²) in [6.45, 7) is 9.31. The molecule has 2 aromatic rings. The van der Waals surface area contributed by atoms with Crippen LogP contribution < -0.4 is 10.2 Å². The van der Waals surface area contributed by atoms with Gasteiger partial charge in [-0.15, -0.1) is 0 Å². The number of hydrogen-bond donors (Lipinski definition) is 2. The Morgan fingerprint density at radius 1 is 1.33 bits per heavy atom. The van der Waals surface area contributed by atoms with Crippen molar-refractivity contribution in [2.45, 2.75) is 51.7 Å². The molecule has 8 nitrogen and oxygen atoms in total. The summed E-state index contributed by atoms with van der Waals surface area (Å²) in [5.74, 6) is 0.870. The van der Waals surface area contributed by atoms with Gasteiger partial charge in [-0.2, -0.15) is 5.10 Å². The van der Waals surface area contributed by atoms with E-state index in [2.05, 4.69) is 30.4 Å². The molecule has 0 aromatic carbocycles. The van der Waals surface area contributed by atoms with Crippen LogP contribution in [0.1, 0.15) is 40.5 Å². The third kappa shape index (κ3) is 3.58. The number of carbonyl (C=O) groups excluding carboxylic acids is 1. The van der Waals surface area contributed by atoms with Gasteiger partial charge in [-0.3, -0.25) is 5.10 Å². The van der Waals surface area contributed by atoms with E-state index in [4.69, 9.17) is 4.74 Å². The van der Waals surface area contributed by atoms with Crippen molar-refractivity contribution in [1.29, 1.82) is 0 Å². The topological polar surface area (TPSA) is 96.0 Å². The smallest absolute Gasteiger partial charge is 0.408 e. The lowest BCUT2D eigenvalue weighted by Crippen LogP contribution is -2.49. The predicted octanol–water partition coefficient (Wildman–Crippen LogP) is 2.24. The number of nitrogens with one attached hydrogen (secondary N) is 2. The van der Waals surface area contributed by atoms with Crippen molar-refractivity contribution in [2.24, 2.45) is 0 Å². The number of aromatic nitrogens is 4. The van der Waals surface area contributed by atoms with Crippen LogP contribution in [0.5, 0.6) is 0 Å². The van der Waals surface area contributed by atoms with Crippen LogP contribution in [0.3, 0.4) is 0 Å². The number of fused-ring (bicyclic) bond motifs is 1. The molecule has 0 atom stereocenters. The predicted molar refractivity (Wildman–Crippen MR) is 90.9 cm³/mol. The summed E-state index contributed by atoms with van der Waals surface area (Å²) in [6, 6.07) is 0. The first-order valence-corrected chi connectivity index (χ1v) is 8.16. The lowest BCUT2D eigenvalue weighted by Gasteiger charge is -2.39. The highest BCUT2D eigenvalue weighted by atomic mass is 16.6. The molecule has 0 unspecified atom stereocenters. The van der Waals surface area contributed by atoms with Crippen molar-refractivity contribution < 1.29 is 9.53 Å². The first kappa shape index (κ1) is 16.5. The molecule has 3 rings (SSSR count). The van der Waals surface area contributed by atoms with E-state index in [1.807, 2.05) is 27.7 Å². The lowest BCUT2D eigenvalue weighted by atomic mass is 9.93. The minimum absolute atomic E-state index is 0.304. The summed E-state index contributed by atoms with van der Waals surface area (Å²) in [5, 5.41) is 10.6. The van der Waals surface area contributed by atoms with Gasteiger partial charge in [0.15, 0.2) is 5.65 Å². The summed E-state index contributed by atoms with van der Waals surface area (Å²) in [4.78, 5) is 22.8. The molecule has 2 N–H and O–H groups in total. The van der Waals surface area contributed by atoms with E-state index in [1.54, 1.807) is 6.20 Å². The number of hydrogen-bond acceptors (Lipinski definition) is 6. The van der Waals surface area contributed by atoms with Gasteiger partial charge in [0, 0.05) is 31.5 Å². The molecule has 1 aliphatic rings. The SMILES string of the molecule is CC(C)(C)NC(=O)OC1(C)CCN(c2ncnc3[nH]ncc23)CC1. The van der Waals surface area contributed by atoms with E-state index in [0.29, 0.717) is 0 Å². The second-order valence-electron chi connectivity index (χ2n) is 7.53. The van der Waals surface area contributed by atoms with E-state index in [0.717, 1.165) is 42.8 Å². The summed E-state index contributed by atoms with van der Waals surface area (Å²) in [7, 11) is 0. The number of aromatic amines is 1. The molecular weight excluding hydrogens is 308 g/mol. The Bertz CT molecular complexity index is 727. The average Bonchev–Trinajstić information content (AvgIpc) is 2.94. The Labute approximate surface area is 141 Å². The van der Waals surface area contributed by atoms with E-state index in [1.165, 1.54) is 6.33 Å². The monoisotopic (exact) mass is 332 g/mol. The third-order valence-electron chi connectivity index (χ3n) is 4.16. The van der Waals surface area contributed by atoms with Crippen molar-refractivity contribution in [3.05, 3.63) is 12.5 Å². The number of carbonyl (C=O) groups is 1. The van der Waals surface area contributed by atoms with Gasteiger partial charge >= 0.3 is 6.09 Å². The number of rotatable bonds is 2. The van der Waals surface area contributed by atoms with Crippen LogP contribution in [0.2, 0.25) is 0 Å². The number of amides is 1. The van der Waals surface area contributed by atoms with Crippen molar-refractivity contribution in [3.63, 3.8) is 0 Å². The normalized spacial score (nSPS) is 17.8. The maximum atomic E-state index is 12.0. The molecule has 0 saturated carbocycles. The largest absolute Gasteiger partial charge is 0.443 e. The van der Waals surface area contributed by atoms with Crippen molar-refractivity contribution >= 4 is 22.9 Å². The highest BCUT2D eigenvalue weighted by Gasteiger charge is 2.35. The van der Waals surface area contributed by atoms with Gasteiger partial charge in [0.05, 0.1) is 11.6 Å². The number of alkyl carbamates (subject to hydrolysis) is 1. The van der Waals surface area contributed by atoms with Gasteiger partial charge in [0.2, 0.25) is 0 Å². The molecule has 2 aromatic heterocycles. The summed E-state index contributed by atoms with van der Waals surface area (Å²) < 4.78 is 5.68. The Hall–Kier alpha value is -2.38. The van der Waals surface area contributed by atoms with Crippen molar-refractivity contribution in [3.8, 4) is 0 Å². The second-order valence-corrected chi connectivity index (χ2v) is 7.53. The molecule has 0 spiro atoms. The number of nitrogens with zero attached hydrogens (tertiary/aromatic N) is 4. The molecule has 0 bridgehead atoms. The zero-order chi connectivity index (χ0) is 17.4. The number of anilines is 1. The van der Waals surface area contributed by atoms with Crippen molar-refractivity contribution in [2.75, 3.05) is 18.0 Å². The molecule has 1 aliphatic heterocycles. The van der Waals surface area contributed by atoms with E-state index in [9.17, 15) is 4.79 Å². The number of H-pyrrole nitrogens is 1.